The second-order valence-electron chi connectivity index (χ2n) is 4.95. The van der Waals surface area contributed by atoms with Crippen LogP contribution in [-0.2, 0) is 11.3 Å². The predicted octanol–water partition coefficient (Wildman–Crippen LogP) is 1.99. The number of likely N-dealkylation sites (tertiary alicyclic amines) is 1. The molecule has 1 amide bonds. The van der Waals surface area contributed by atoms with E-state index >= 15 is 0 Å². The average Bonchev–Trinajstić information content (AvgIpc) is 2.79. The molecule has 2 heterocycles. The molecule has 0 aromatic heterocycles. The minimum atomic E-state index is 0.194. The highest BCUT2D eigenvalue weighted by Crippen LogP contribution is 2.31. The Balaban J connectivity index is 1.73. The highest BCUT2D eigenvalue weighted by Gasteiger charge is 2.27. The molecule has 19 heavy (non-hydrogen) atoms. The number of hydrogen-bond acceptors (Lipinski definition) is 3. The lowest BCUT2D eigenvalue weighted by Gasteiger charge is -2.21. The molecule has 2 aliphatic heterocycles. The van der Waals surface area contributed by atoms with Gasteiger partial charge in [-0.3, -0.25) is 4.79 Å². The van der Waals surface area contributed by atoms with E-state index in [0.717, 1.165) is 23.6 Å². The predicted molar refractivity (Wildman–Crippen MR) is 71.2 cm³/mol. The molecule has 0 N–H and O–H groups in total. The van der Waals surface area contributed by atoms with Crippen LogP contribution in [0.4, 0.5) is 0 Å². The summed E-state index contributed by atoms with van der Waals surface area (Å²) in [5.74, 6) is 2.03. The highest BCUT2D eigenvalue weighted by molar-refractivity contribution is 5.79. The Hall–Kier alpha value is -1.97. The van der Waals surface area contributed by atoms with Gasteiger partial charge >= 0.3 is 0 Å². The molecule has 1 atom stereocenters. The molecule has 1 fully saturated rings. The van der Waals surface area contributed by atoms with E-state index < -0.39 is 0 Å². The summed E-state index contributed by atoms with van der Waals surface area (Å²) in [7, 11) is 0. The minimum absolute atomic E-state index is 0.194. The Morgan fingerprint density at radius 1 is 1.32 bits per heavy atom. The molecule has 2 aliphatic rings. The quantitative estimate of drug-likeness (QED) is 0.779. The topological polar surface area (TPSA) is 38.8 Å². The number of carbonyl (C=O) groups is 1. The fraction of sp³-hybridized carbons (Fsp3) is 0.400. The van der Waals surface area contributed by atoms with Crippen LogP contribution in [0.5, 0.6) is 11.5 Å². The van der Waals surface area contributed by atoms with E-state index in [4.69, 9.17) is 9.47 Å². The van der Waals surface area contributed by atoms with Gasteiger partial charge in [0, 0.05) is 25.4 Å². The summed E-state index contributed by atoms with van der Waals surface area (Å²) in [6.45, 7) is 6.32. The standard InChI is InChI=1S/C15H17NO3/c1-2-11-8-15(17)16(9-11)10-12-3-4-13-14(7-12)19-6-5-18-13/h2-4,7,11H,1,5-6,8-10H2. The number of ether oxygens (including phenoxy) is 2. The summed E-state index contributed by atoms with van der Waals surface area (Å²) in [6.07, 6.45) is 2.44. The molecule has 1 aromatic carbocycles. The lowest BCUT2D eigenvalue weighted by Crippen LogP contribution is -2.24. The Kier molecular flexibility index (Phi) is 3.15. The van der Waals surface area contributed by atoms with Crippen LogP contribution in [0.2, 0.25) is 0 Å². The zero-order valence-electron chi connectivity index (χ0n) is 10.8. The molecule has 100 valence electrons. The molecule has 1 aromatic rings. The zero-order valence-corrected chi connectivity index (χ0v) is 10.8. The summed E-state index contributed by atoms with van der Waals surface area (Å²) in [5.41, 5.74) is 1.07. The summed E-state index contributed by atoms with van der Waals surface area (Å²) in [4.78, 5) is 13.7. The van der Waals surface area contributed by atoms with E-state index in [9.17, 15) is 4.79 Å². The van der Waals surface area contributed by atoms with Crippen molar-refractivity contribution in [1.82, 2.24) is 4.90 Å². The number of benzene rings is 1. The molecule has 1 unspecified atom stereocenters. The molecule has 0 spiro atoms. The van der Waals surface area contributed by atoms with Crippen LogP contribution >= 0.6 is 0 Å². The molecule has 0 bridgehead atoms. The fourth-order valence-corrected chi connectivity index (χ4v) is 2.52. The second-order valence-corrected chi connectivity index (χ2v) is 4.95. The highest BCUT2D eigenvalue weighted by atomic mass is 16.6. The molecule has 0 saturated carbocycles. The lowest BCUT2D eigenvalue weighted by atomic mass is 10.1. The second kappa shape index (κ2) is 4.96. The summed E-state index contributed by atoms with van der Waals surface area (Å²) in [5, 5.41) is 0. The largest absolute Gasteiger partial charge is 0.486 e. The number of hydrogen-bond donors (Lipinski definition) is 0. The van der Waals surface area contributed by atoms with Gasteiger partial charge in [0.1, 0.15) is 13.2 Å². The van der Waals surface area contributed by atoms with Crippen LogP contribution in [0.3, 0.4) is 0 Å². The van der Waals surface area contributed by atoms with Gasteiger partial charge < -0.3 is 14.4 Å². The maximum atomic E-state index is 11.9. The Bertz CT molecular complexity index is 512. The van der Waals surface area contributed by atoms with Crippen molar-refractivity contribution in [3.05, 3.63) is 36.4 Å². The molecule has 0 aliphatic carbocycles. The average molecular weight is 259 g/mol. The Morgan fingerprint density at radius 3 is 2.84 bits per heavy atom. The van der Waals surface area contributed by atoms with Gasteiger partial charge in [-0.1, -0.05) is 12.1 Å². The first-order valence-corrected chi connectivity index (χ1v) is 6.55. The van der Waals surface area contributed by atoms with E-state index in [-0.39, 0.29) is 11.8 Å². The Morgan fingerprint density at radius 2 is 2.11 bits per heavy atom. The molecule has 4 nitrogen and oxygen atoms in total. The van der Waals surface area contributed by atoms with Crippen LogP contribution in [0.15, 0.2) is 30.9 Å². The van der Waals surface area contributed by atoms with Crippen molar-refractivity contribution in [2.45, 2.75) is 13.0 Å². The van der Waals surface area contributed by atoms with Crippen LogP contribution in [-0.4, -0.2) is 30.6 Å². The zero-order chi connectivity index (χ0) is 13.2. The lowest BCUT2D eigenvalue weighted by molar-refractivity contribution is -0.128. The Labute approximate surface area is 112 Å². The van der Waals surface area contributed by atoms with Gasteiger partial charge in [0.05, 0.1) is 0 Å². The number of rotatable bonds is 3. The molecule has 0 radical (unpaired) electrons. The van der Waals surface area contributed by atoms with E-state index in [1.165, 1.54) is 0 Å². The number of amides is 1. The van der Waals surface area contributed by atoms with Gasteiger partial charge in [-0.05, 0) is 17.7 Å². The van der Waals surface area contributed by atoms with Crippen molar-refractivity contribution in [3.8, 4) is 11.5 Å². The van der Waals surface area contributed by atoms with Gasteiger partial charge in [-0.15, -0.1) is 6.58 Å². The fourth-order valence-electron chi connectivity index (χ4n) is 2.52. The van der Waals surface area contributed by atoms with Crippen molar-refractivity contribution in [2.75, 3.05) is 19.8 Å². The number of carbonyl (C=O) groups excluding carboxylic acids is 1. The minimum Gasteiger partial charge on any atom is -0.486 e. The molecular formula is C15H17NO3. The van der Waals surface area contributed by atoms with Gasteiger partial charge in [-0.2, -0.15) is 0 Å². The smallest absolute Gasteiger partial charge is 0.223 e. The van der Waals surface area contributed by atoms with Gasteiger partial charge in [0.2, 0.25) is 5.91 Å². The first-order chi connectivity index (χ1) is 9.26. The molecule has 3 rings (SSSR count). The van der Waals surface area contributed by atoms with Gasteiger partial charge in [0.15, 0.2) is 11.5 Å². The van der Waals surface area contributed by atoms with Crippen molar-refractivity contribution < 1.29 is 14.3 Å². The maximum Gasteiger partial charge on any atom is 0.223 e. The van der Waals surface area contributed by atoms with Crippen LogP contribution in [0.1, 0.15) is 12.0 Å². The van der Waals surface area contributed by atoms with Gasteiger partial charge in [0.25, 0.3) is 0 Å². The SMILES string of the molecule is C=CC1CC(=O)N(Cc2ccc3c(c2)OCCO3)C1. The third kappa shape index (κ3) is 2.43. The molecule has 1 saturated heterocycles. The van der Waals surface area contributed by atoms with Crippen molar-refractivity contribution >= 4 is 5.91 Å². The van der Waals surface area contributed by atoms with Crippen molar-refractivity contribution in [3.63, 3.8) is 0 Å². The summed E-state index contributed by atoms with van der Waals surface area (Å²) >= 11 is 0. The van der Waals surface area contributed by atoms with Crippen molar-refractivity contribution in [1.29, 1.82) is 0 Å². The van der Waals surface area contributed by atoms with Crippen molar-refractivity contribution in [2.24, 2.45) is 5.92 Å². The maximum absolute atomic E-state index is 11.9. The molecule has 4 heteroatoms. The first kappa shape index (κ1) is 12.1. The van der Waals surface area contributed by atoms with E-state index in [1.807, 2.05) is 29.2 Å². The first-order valence-electron chi connectivity index (χ1n) is 6.55. The molecular weight excluding hydrogens is 242 g/mol. The van der Waals surface area contributed by atoms with Crippen LogP contribution in [0, 0.1) is 5.92 Å². The normalized spacial score (nSPS) is 21.6. The third-order valence-corrected chi connectivity index (χ3v) is 3.56. The number of nitrogens with zero attached hydrogens (tertiary/aromatic N) is 1. The monoisotopic (exact) mass is 259 g/mol. The van der Waals surface area contributed by atoms with E-state index in [1.54, 1.807) is 0 Å². The van der Waals surface area contributed by atoms with Crippen LogP contribution in [0.25, 0.3) is 0 Å². The third-order valence-electron chi connectivity index (χ3n) is 3.56. The number of fused-ring (bicyclic) bond motifs is 1. The summed E-state index contributed by atoms with van der Waals surface area (Å²) < 4.78 is 11.0. The summed E-state index contributed by atoms with van der Waals surface area (Å²) in [6, 6.07) is 5.86. The van der Waals surface area contributed by atoms with E-state index in [0.29, 0.717) is 26.2 Å². The van der Waals surface area contributed by atoms with Crippen LogP contribution < -0.4 is 9.47 Å². The van der Waals surface area contributed by atoms with Gasteiger partial charge in [-0.25, -0.2) is 0 Å². The van der Waals surface area contributed by atoms with E-state index in [2.05, 4.69) is 6.58 Å².